The van der Waals surface area contributed by atoms with Gasteiger partial charge in [0.25, 0.3) is 0 Å². The highest BCUT2D eigenvalue weighted by Crippen LogP contribution is 2.22. The molecule has 1 heterocycles. The van der Waals surface area contributed by atoms with Gasteiger partial charge in [0.05, 0.1) is 19.2 Å². The highest BCUT2D eigenvalue weighted by atomic mass is 16.3. The Bertz CT molecular complexity index is 764. The van der Waals surface area contributed by atoms with Crippen molar-refractivity contribution in [3.8, 4) is 6.07 Å². The van der Waals surface area contributed by atoms with Gasteiger partial charge in [-0.05, 0) is 44.4 Å². The summed E-state index contributed by atoms with van der Waals surface area (Å²) in [6, 6.07) is 11.3. The molecule has 1 aromatic rings. The Kier molecular flexibility index (Phi) is 27.6. The number of nitriles is 1. The molecule has 0 aromatic heterocycles. The lowest BCUT2D eigenvalue weighted by molar-refractivity contribution is -0.135. The summed E-state index contributed by atoms with van der Waals surface area (Å²) in [5.74, 6) is 1.04. The third-order valence-corrected chi connectivity index (χ3v) is 4.48. The van der Waals surface area contributed by atoms with Gasteiger partial charge in [-0.1, -0.05) is 52.8 Å². The second-order valence-corrected chi connectivity index (χ2v) is 9.36. The van der Waals surface area contributed by atoms with E-state index in [4.69, 9.17) is 10.4 Å². The van der Waals surface area contributed by atoms with E-state index in [0.29, 0.717) is 31.7 Å². The minimum absolute atomic E-state index is 0.0500. The van der Waals surface area contributed by atoms with E-state index in [0.717, 1.165) is 24.3 Å². The van der Waals surface area contributed by atoms with Crippen LogP contribution in [0.1, 0.15) is 54.4 Å². The predicted octanol–water partition coefficient (Wildman–Crippen LogP) is 2.93. The molecule has 0 saturated carbocycles. The van der Waals surface area contributed by atoms with Crippen LogP contribution in [0.2, 0.25) is 0 Å². The fourth-order valence-electron chi connectivity index (χ4n) is 2.48. The average Bonchev–Trinajstić information content (AvgIpc) is 3.30. The first-order chi connectivity index (χ1) is 18.0. The quantitative estimate of drug-likeness (QED) is 0.434. The molecular weight excluding hydrogens is 486 g/mol. The molecule has 0 aliphatic carbocycles. The van der Waals surface area contributed by atoms with Crippen molar-refractivity contribution in [2.45, 2.75) is 66.5 Å². The van der Waals surface area contributed by atoms with Crippen molar-refractivity contribution in [1.29, 1.82) is 5.26 Å². The van der Waals surface area contributed by atoms with E-state index in [1.165, 1.54) is 4.90 Å². The van der Waals surface area contributed by atoms with Gasteiger partial charge in [-0.25, -0.2) is 0 Å². The molecule has 3 atom stereocenters. The highest BCUT2D eigenvalue weighted by Gasteiger charge is 2.33. The maximum absolute atomic E-state index is 11.7. The number of rotatable bonds is 8. The summed E-state index contributed by atoms with van der Waals surface area (Å²) < 4.78 is 0. The number of hydrogen-bond acceptors (Lipinski definition) is 7. The number of nitrogens with zero attached hydrogens (tertiary/aromatic N) is 3. The molecule has 1 aliphatic heterocycles. The molecule has 2 rings (SSSR count). The first-order valence-electron chi connectivity index (χ1n) is 12.8. The second-order valence-electron chi connectivity index (χ2n) is 9.36. The highest BCUT2D eigenvalue weighted by molar-refractivity contribution is 5.80. The molecule has 1 saturated heterocycles. The van der Waals surface area contributed by atoms with Gasteiger partial charge in [0, 0.05) is 31.7 Å². The summed E-state index contributed by atoms with van der Waals surface area (Å²) in [7, 11) is 3.37. The average molecular weight is 536 g/mol. The van der Waals surface area contributed by atoms with E-state index in [2.05, 4.69) is 37.5 Å². The third-order valence-electron chi connectivity index (χ3n) is 4.48. The van der Waals surface area contributed by atoms with Gasteiger partial charge in [0.15, 0.2) is 0 Å². The molecule has 3 unspecified atom stereocenters. The first-order valence-corrected chi connectivity index (χ1v) is 12.8. The van der Waals surface area contributed by atoms with Crippen LogP contribution in [0, 0.1) is 23.2 Å². The Morgan fingerprint density at radius 2 is 1.74 bits per heavy atom. The van der Waals surface area contributed by atoms with Gasteiger partial charge in [-0.2, -0.15) is 5.26 Å². The normalized spacial score (nSPS) is 15.7. The SMILES string of the molecule is CC(C)C.CC1CC(C#N)N(C(=O)CN(C)C=O)C1.CCC=O.CNC(C)CO.O=CNc1ccccc1. The van der Waals surface area contributed by atoms with Crippen molar-refractivity contribution in [3.63, 3.8) is 0 Å². The number of aliphatic hydroxyl groups excluding tert-OH is 1. The summed E-state index contributed by atoms with van der Waals surface area (Å²) in [4.78, 5) is 43.9. The molecule has 38 heavy (non-hydrogen) atoms. The molecule has 216 valence electrons. The van der Waals surface area contributed by atoms with Crippen LogP contribution in [0.15, 0.2) is 30.3 Å². The van der Waals surface area contributed by atoms with Crippen LogP contribution in [0.5, 0.6) is 0 Å². The zero-order chi connectivity index (χ0) is 29.9. The molecule has 10 heteroatoms. The van der Waals surface area contributed by atoms with Crippen molar-refractivity contribution >= 4 is 30.7 Å². The van der Waals surface area contributed by atoms with Gasteiger partial charge in [0.1, 0.15) is 12.3 Å². The summed E-state index contributed by atoms with van der Waals surface area (Å²) >= 11 is 0. The lowest BCUT2D eigenvalue weighted by Gasteiger charge is -2.21. The maximum Gasteiger partial charge on any atom is 0.243 e. The molecular formula is C28H49N5O5. The Morgan fingerprint density at radius 1 is 1.21 bits per heavy atom. The maximum atomic E-state index is 11.7. The third kappa shape index (κ3) is 24.4. The number of nitrogens with one attached hydrogen (secondary N) is 2. The number of carbonyl (C=O) groups is 4. The number of para-hydroxylation sites is 1. The van der Waals surface area contributed by atoms with Crippen LogP contribution in [0.3, 0.4) is 0 Å². The van der Waals surface area contributed by atoms with Crippen molar-refractivity contribution in [1.82, 2.24) is 15.1 Å². The lowest BCUT2D eigenvalue weighted by Crippen LogP contribution is -2.41. The van der Waals surface area contributed by atoms with Gasteiger partial charge in [-0.15, -0.1) is 0 Å². The van der Waals surface area contributed by atoms with Crippen LogP contribution >= 0.6 is 0 Å². The second kappa shape index (κ2) is 26.8. The Balaban J connectivity index is -0.000000453. The minimum atomic E-state index is -0.326. The number of carbonyl (C=O) groups excluding carboxylic acids is 4. The summed E-state index contributed by atoms with van der Waals surface area (Å²) in [6.45, 7) is 13.1. The molecule has 3 N–H and O–H groups in total. The van der Waals surface area contributed by atoms with Crippen LogP contribution < -0.4 is 10.6 Å². The molecule has 1 aromatic carbocycles. The smallest absolute Gasteiger partial charge is 0.243 e. The largest absolute Gasteiger partial charge is 0.395 e. The van der Waals surface area contributed by atoms with Crippen LogP contribution in [-0.2, 0) is 19.2 Å². The van der Waals surface area contributed by atoms with Crippen molar-refractivity contribution in [2.75, 3.05) is 39.1 Å². The van der Waals surface area contributed by atoms with E-state index in [1.807, 2.05) is 58.2 Å². The number of hydrogen-bond donors (Lipinski definition) is 3. The Labute approximate surface area is 229 Å². The zero-order valence-corrected chi connectivity index (χ0v) is 24.4. The van der Waals surface area contributed by atoms with Crippen LogP contribution in [0.4, 0.5) is 5.69 Å². The molecule has 10 nitrogen and oxygen atoms in total. The molecule has 0 radical (unpaired) electrons. The number of amides is 3. The topological polar surface area (TPSA) is 143 Å². The Morgan fingerprint density at radius 3 is 2.08 bits per heavy atom. The van der Waals surface area contributed by atoms with Gasteiger partial charge in [0.2, 0.25) is 18.7 Å². The Hall–Kier alpha value is -3.29. The van der Waals surface area contributed by atoms with Crippen molar-refractivity contribution in [2.24, 2.45) is 11.8 Å². The predicted molar refractivity (Wildman–Crippen MR) is 152 cm³/mol. The first kappa shape index (κ1) is 39.2. The van der Waals surface area contributed by atoms with E-state index in [9.17, 15) is 19.2 Å². The van der Waals surface area contributed by atoms with Gasteiger partial charge >= 0.3 is 0 Å². The monoisotopic (exact) mass is 535 g/mol. The lowest BCUT2D eigenvalue weighted by atomic mass is 10.1. The number of anilines is 1. The zero-order valence-electron chi connectivity index (χ0n) is 24.4. The summed E-state index contributed by atoms with van der Waals surface area (Å²) in [6.07, 6.45) is 3.52. The standard InChI is InChI=1S/C10H15N3O2.C7H7NO.C4H11NO.C4H10.C3H6O/c1-8-3-9(4-11)13(5-8)10(15)6-12(2)7-14;9-6-8-7-4-2-1-3-5-7;1-4(3-6)5-2;1-4(2)3;1-2-3-4/h7-9H,3,5-6H2,1-2H3;1-6H,(H,8,9);4-6H,3H2,1-2H3;4H,1-3H3;3H,2H2,1H3. The molecule has 3 amide bonds. The number of aliphatic hydroxyl groups is 1. The number of benzene rings is 1. The fourth-order valence-corrected chi connectivity index (χ4v) is 2.48. The fraction of sp³-hybridized carbons (Fsp3) is 0.607. The van der Waals surface area contributed by atoms with Crippen molar-refractivity contribution < 1.29 is 24.3 Å². The van der Waals surface area contributed by atoms with Gasteiger partial charge in [-0.3, -0.25) is 14.4 Å². The molecule has 1 aliphatic rings. The van der Waals surface area contributed by atoms with Crippen LogP contribution in [0.25, 0.3) is 0 Å². The summed E-state index contributed by atoms with van der Waals surface area (Å²) in [5, 5.41) is 22.5. The van der Waals surface area contributed by atoms with Gasteiger partial charge < -0.3 is 30.3 Å². The van der Waals surface area contributed by atoms with E-state index >= 15 is 0 Å². The molecule has 0 spiro atoms. The van der Waals surface area contributed by atoms with Crippen molar-refractivity contribution in [3.05, 3.63) is 30.3 Å². The van der Waals surface area contributed by atoms with Crippen LogP contribution in [-0.4, -0.2) is 85.8 Å². The number of aldehydes is 1. The summed E-state index contributed by atoms with van der Waals surface area (Å²) in [5.41, 5.74) is 0.826. The van der Waals surface area contributed by atoms with E-state index in [1.54, 1.807) is 11.9 Å². The molecule has 1 fully saturated rings. The van der Waals surface area contributed by atoms with E-state index < -0.39 is 0 Å². The number of likely N-dealkylation sites (N-methyl/N-ethyl adjacent to an activating group) is 2. The minimum Gasteiger partial charge on any atom is -0.395 e. The van der Waals surface area contributed by atoms with E-state index in [-0.39, 0.29) is 31.1 Å². The number of likely N-dealkylation sites (tertiary alicyclic amines) is 1. The molecule has 0 bridgehead atoms.